The van der Waals surface area contributed by atoms with Crippen LogP contribution in [0, 0.1) is 0 Å². The van der Waals surface area contributed by atoms with Gasteiger partial charge in [0.2, 0.25) is 0 Å². The molecule has 2 nitrogen and oxygen atoms in total. The number of nitrogens with one attached hydrogen (secondary N) is 1. The number of likely N-dealkylation sites (tertiary alicyclic amines) is 1. The second kappa shape index (κ2) is 6.15. The molecule has 0 radical (unpaired) electrons. The largest absolute Gasteiger partial charge is 0.310 e. The summed E-state index contributed by atoms with van der Waals surface area (Å²) in [5, 5.41) is 4.74. The maximum absolute atomic E-state index is 3.93. The topological polar surface area (TPSA) is 15.3 Å². The van der Waals surface area contributed by atoms with Gasteiger partial charge in [-0.1, -0.05) is 6.92 Å². The van der Waals surface area contributed by atoms with Gasteiger partial charge in [-0.2, -0.15) is 11.8 Å². The van der Waals surface area contributed by atoms with E-state index in [0.717, 1.165) is 17.3 Å². The van der Waals surface area contributed by atoms with Gasteiger partial charge in [0.05, 0.1) is 0 Å². The van der Waals surface area contributed by atoms with Crippen molar-refractivity contribution in [2.75, 3.05) is 18.8 Å². The zero-order valence-corrected chi connectivity index (χ0v) is 13.4. The van der Waals surface area contributed by atoms with Gasteiger partial charge in [-0.15, -0.1) is 0 Å². The van der Waals surface area contributed by atoms with Crippen molar-refractivity contribution in [3.8, 4) is 0 Å². The molecule has 106 valence electrons. The molecule has 2 aliphatic heterocycles. The fraction of sp³-hybridized carbons (Fsp3) is 1.00. The van der Waals surface area contributed by atoms with Crippen molar-refractivity contribution in [2.24, 2.45) is 0 Å². The molecule has 2 unspecified atom stereocenters. The Morgan fingerprint density at radius 2 is 1.78 bits per heavy atom. The van der Waals surface area contributed by atoms with Gasteiger partial charge >= 0.3 is 0 Å². The van der Waals surface area contributed by atoms with Gasteiger partial charge in [-0.05, 0) is 52.2 Å². The average Bonchev–Trinajstić information content (AvgIpc) is 2.32. The second-order valence-corrected chi connectivity index (χ2v) is 8.41. The Bertz CT molecular complexity index is 254. The molecule has 0 amide bonds. The zero-order valence-electron chi connectivity index (χ0n) is 12.5. The molecule has 18 heavy (non-hydrogen) atoms. The van der Waals surface area contributed by atoms with Crippen LogP contribution in [0.2, 0.25) is 0 Å². The molecule has 2 fully saturated rings. The molecule has 0 aromatic rings. The maximum Gasteiger partial charge on any atom is 0.0186 e. The smallest absolute Gasteiger partial charge is 0.0186 e. The summed E-state index contributed by atoms with van der Waals surface area (Å²) in [6.07, 6.45) is 5.43. The summed E-state index contributed by atoms with van der Waals surface area (Å²) >= 11 is 2.15. The van der Waals surface area contributed by atoms with Crippen molar-refractivity contribution < 1.29 is 0 Å². The van der Waals surface area contributed by atoms with Crippen LogP contribution in [0.4, 0.5) is 0 Å². The first-order valence-corrected chi connectivity index (χ1v) is 8.64. The van der Waals surface area contributed by atoms with E-state index in [-0.39, 0.29) is 0 Å². The fourth-order valence-corrected chi connectivity index (χ4v) is 4.31. The lowest BCUT2D eigenvalue weighted by Crippen LogP contribution is -2.53. The van der Waals surface area contributed by atoms with Crippen LogP contribution in [0.1, 0.15) is 53.4 Å². The molecule has 1 N–H and O–H groups in total. The van der Waals surface area contributed by atoms with Crippen LogP contribution < -0.4 is 5.32 Å². The molecule has 0 saturated carbocycles. The Hall–Kier alpha value is 0.270. The molecule has 0 aromatic carbocycles. The van der Waals surface area contributed by atoms with E-state index >= 15 is 0 Å². The van der Waals surface area contributed by atoms with Gasteiger partial charge < -0.3 is 5.32 Å². The maximum atomic E-state index is 3.93. The molecule has 3 heteroatoms. The highest BCUT2D eigenvalue weighted by molar-refractivity contribution is 7.99. The number of hydrogen-bond acceptors (Lipinski definition) is 3. The van der Waals surface area contributed by atoms with Crippen molar-refractivity contribution in [2.45, 2.75) is 76.3 Å². The third-order valence-corrected chi connectivity index (χ3v) is 5.88. The van der Waals surface area contributed by atoms with Gasteiger partial charge in [0.15, 0.2) is 0 Å². The zero-order chi connectivity index (χ0) is 13.2. The lowest BCUT2D eigenvalue weighted by Gasteiger charge is -2.42. The number of piperidine rings is 1. The average molecular weight is 270 g/mol. The van der Waals surface area contributed by atoms with Gasteiger partial charge in [-0.3, -0.25) is 4.90 Å². The monoisotopic (exact) mass is 270 g/mol. The Kier molecular flexibility index (Phi) is 5.01. The number of rotatable bonds is 2. The Morgan fingerprint density at radius 3 is 2.33 bits per heavy atom. The second-order valence-electron chi connectivity index (χ2n) is 6.92. The van der Waals surface area contributed by atoms with Gasteiger partial charge in [0.1, 0.15) is 0 Å². The lowest BCUT2D eigenvalue weighted by atomic mass is 9.96. The molecule has 2 rings (SSSR count). The predicted molar refractivity (Wildman–Crippen MR) is 82.4 cm³/mol. The fourth-order valence-electron chi connectivity index (χ4n) is 3.16. The first-order valence-electron chi connectivity index (χ1n) is 7.59. The molecular formula is C15H30N2S. The van der Waals surface area contributed by atoms with Crippen molar-refractivity contribution in [1.82, 2.24) is 10.2 Å². The van der Waals surface area contributed by atoms with E-state index in [9.17, 15) is 0 Å². The highest BCUT2D eigenvalue weighted by atomic mass is 32.2. The predicted octanol–water partition coefficient (Wildman–Crippen LogP) is 3.12. The number of nitrogens with zero attached hydrogens (tertiary/aromatic N) is 1. The van der Waals surface area contributed by atoms with E-state index in [1.807, 2.05) is 0 Å². The van der Waals surface area contributed by atoms with E-state index in [1.54, 1.807) is 0 Å². The van der Waals surface area contributed by atoms with Crippen LogP contribution in [-0.4, -0.2) is 46.6 Å². The summed E-state index contributed by atoms with van der Waals surface area (Å²) < 4.78 is 0. The van der Waals surface area contributed by atoms with Crippen LogP contribution >= 0.6 is 11.8 Å². The third-order valence-electron chi connectivity index (χ3n) is 4.50. The van der Waals surface area contributed by atoms with Gasteiger partial charge in [0, 0.05) is 36.0 Å². The van der Waals surface area contributed by atoms with E-state index in [1.165, 1.54) is 44.5 Å². The first kappa shape index (κ1) is 14.7. The molecule has 0 bridgehead atoms. The molecule has 2 heterocycles. The van der Waals surface area contributed by atoms with E-state index in [0.29, 0.717) is 5.54 Å². The number of thioether (sulfide) groups is 1. The van der Waals surface area contributed by atoms with E-state index in [4.69, 9.17) is 0 Å². The summed E-state index contributed by atoms with van der Waals surface area (Å²) in [5.74, 6) is 1.36. The standard InChI is InChI=1S/C15H30N2S/c1-12-14(6-5-11-18-12)16-13-7-9-17(10-8-13)15(2,3)4/h12-14,16H,5-11H2,1-4H3. The minimum atomic E-state index is 0.346. The minimum Gasteiger partial charge on any atom is -0.310 e. The highest BCUT2D eigenvalue weighted by Gasteiger charge is 2.29. The summed E-state index contributed by atoms with van der Waals surface area (Å²) in [4.78, 5) is 2.63. The highest BCUT2D eigenvalue weighted by Crippen LogP contribution is 2.27. The van der Waals surface area contributed by atoms with Crippen LogP contribution in [0.15, 0.2) is 0 Å². The van der Waals surface area contributed by atoms with Gasteiger partial charge in [0.25, 0.3) is 0 Å². The van der Waals surface area contributed by atoms with Crippen molar-refractivity contribution in [1.29, 1.82) is 0 Å². The summed E-state index contributed by atoms with van der Waals surface area (Å²) in [6.45, 7) is 11.9. The van der Waals surface area contributed by atoms with Crippen LogP contribution in [-0.2, 0) is 0 Å². The molecule has 0 aromatic heterocycles. The third kappa shape index (κ3) is 3.88. The quantitative estimate of drug-likeness (QED) is 0.830. The van der Waals surface area contributed by atoms with E-state index < -0.39 is 0 Å². The van der Waals surface area contributed by atoms with Crippen LogP contribution in [0.25, 0.3) is 0 Å². The minimum absolute atomic E-state index is 0.346. The SMILES string of the molecule is CC1SCCCC1NC1CCN(C(C)(C)C)CC1. The van der Waals surface area contributed by atoms with Crippen LogP contribution in [0.3, 0.4) is 0 Å². The summed E-state index contributed by atoms with van der Waals surface area (Å²) in [6, 6.07) is 1.52. The van der Waals surface area contributed by atoms with E-state index in [2.05, 4.69) is 49.7 Å². The molecule has 2 saturated heterocycles. The number of hydrogen-bond donors (Lipinski definition) is 1. The normalized spacial score (nSPS) is 32.7. The summed E-state index contributed by atoms with van der Waals surface area (Å²) in [7, 11) is 0. The van der Waals surface area contributed by atoms with Crippen molar-refractivity contribution in [3.05, 3.63) is 0 Å². The Labute approximate surface area is 117 Å². The summed E-state index contributed by atoms with van der Waals surface area (Å²) in [5.41, 5.74) is 0.346. The molecule has 2 aliphatic rings. The van der Waals surface area contributed by atoms with Crippen molar-refractivity contribution >= 4 is 11.8 Å². The lowest BCUT2D eigenvalue weighted by molar-refractivity contribution is 0.0933. The Morgan fingerprint density at radius 1 is 1.11 bits per heavy atom. The molecular weight excluding hydrogens is 240 g/mol. The van der Waals surface area contributed by atoms with Crippen LogP contribution in [0.5, 0.6) is 0 Å². The van der Waals surface area contributed by atoms with Crippen molar-refractivity contribution in [3.63, 3.8) is 0 Å². The molecule has 2 atom stereocenters. The first-order chi connectivity index (χ1) is 8.47. The molecule has 0 aliphatic carbocycles. The molecule has 0 spiro atoms. The van der Waals surface area contributed by atoms with Gasteiger partial charge in [-0.25, -0.2) is 0 Å². The Balaban J connectivity index is 1.76.